The molecule has 0 aliphatic heterocycles. The molecule has 0 bridgehead atoms. The smallest absolute Gasteiger partial charge is 0.412 e. The van der Waals surface area contributed by atoms with Crippen molar-refractivity contribution in [3.8, 4) is 0 Å². The molecule has 0 unspecified atom stereocenters. The highest BCUT2D eigenvalue weighted by Crippen LogP contribution is 2.20. The molecule has 0 aliphatic carbocycles. The number of urea groups is 1. The third-order valence-corrected chi connectivity index (χ3v) is 6.20. The summed E-state index contributed by atoms with van der Waals surface area (Å²) in [6.45, 7) is -1.00. The summed E-state index contributed by atoms with van der Waals surface area (Å²) in [5, 5.41) is 25.2. The highest BCUT2D eigenvalue weighted by atomic mass is 35.5. The number of benzene rings is 2. The first kappa shape index (κ1) is 28.0. The lowest BCUT2D eigenvalue weighted by atomic mass is 10.0. The Kier molecular flexibility index (Phi) is 9.95. The molecule has 0 fully saturated rings. The Morgan fingerprint density at radius 1 is 1.14 bits per heavy atom. The Bertz CT molecular complexity index is 1240. The number of anilines is 1. The molecule has 0 saturated carbocycles. The summed E-state index contributed by atoms with van der Waals surface area (Å²) in [4.78, 5) is 30.5. The molecule has 3 rings (SSSR count). The zero-order valence-corrected chi connectivity index (χ0v) is 20.7. The van der Waals surface area contributed by atoms with Crippen LogP contribution in [-0.4, -0.2) is 65.1 Å². The van der Waals surface area contributed by atoms with Crippen LogP contribution in [-0.2, 0) is 11.3 Å². The number of aliphatic hydroxyl groups is 2. The van der Waals surface area contributed by atoms with Crippen LogP contribution in [0.3, 0.4) is 0 Å². The van der Waals surface area contributed by atoms with E-state index in [0.29, 0.717) is 16.3 Å². The van der Waals surface area contributed by atoms with Crippen LogP contribution >= 0.6 is 11.6 Å². The summed E-state index contributed by atoms with van der Waals surface area (Å²) in [5.41, 5.74) is 0.377. The van der Waals surface area contributed by atoms with Gasteiger partial charge in [-0.05, 0) is 47.7 Å². The number of rotatable bonds is 10. The molecular weight excluding hydrogens is 510 g/mol. The first-order chi connectivity index (χ1) is 17.7. The Morgan fingerprint density at radius 3 is 2.62 bits per heavy atom. The van der Waals surface area contributed by atoms with Gasteiger partial charge in [-0.25, -0.2) is 23.4 Å². The number of amides is 3. The number of fused-ring (bicyclic) bond motifs is 1. The van der Waals surface area contributed by atoms with Gasteiger partial charge in [0.05, 0.1) is 11.1 Å². The van der Waals surface area contributed by atoms with Crippen molar-refractivity contribution in [2.75, 3.05) is 32.2 Å². The molecule has 0 saturated heterocycles. The normalized spacial score (nSPS) is 11.9. The van der Waals surface area contributed by atoms with Crippen LogP contribution in [0.1, 0.15) is 12.0 Å². The second-order valence-corrected chi connectivity index (χ2v) is 8.77. The van der Waals surface area contributed by atoms with Crippen molar-refractivity contribution < 1.29 is 33.3 Å². The summed E-state index contributed by atoms with van der Waals surface area (Å²) >= 11 is 5.93. The predicted molar refractivity (Wildman–Crippen MR) is 134 cm³/mol. The number of hydrogen-bond acceptors (Lipinski definition) is 6. The highest BCUT2D eigenvalue weighted by molar-refractivity contribution is 6.31. The molecule has 198 valence electrons. The number of aromatic nitrogens is 1. The van der Waals surface area contributed by atoms with E-state index in [0.717, 1.165) is 0 Å². The van der Waals surface area contributed by atoms with Crippen molar-refractivity contribution in [3.05, 3.63) is 70.9 Å². The number of aliphatic hydroxyl groups excluding tert-OH is 2. The average molecular weight is 537 g/mol. The maximum absolute atomic E-state index is 13.7. The minimum atomic E-state index is -0.863. The van der Waals surface area contributed by atoms with Crippen LogP contribution in [0.2, 0.25) is 5.02 Å². The van der Waals surface area contributed by atoms with Crippen LogP contribution in [0, 0.1) is 17.6 Å². The molecule has 3 amide bonds. The van der Waals surface area contributed by atoms with E-state index in [1.165, 1.54) is 48.5 Å². The fourth-order valence-electron chi connectivity index (χ4n) is 3.57. The lowest BCUT2D eigenvalue weighted by Gasteiger charge is -2.30. The Morgan fingerprint density at radius 2 is 1.89 bits per heavy atom. The van der Waals surface area contributed by atoms with Crippen molar-refractivity contribution >= 4 is 40.3 Å². The van der Waals surface area contributed by atoms with Crippen molar-refractivity contribution in [3.63, 3.8) is 0 Å². The second-order valence-electron chi connectivity index (χ2n) is 8.39. The fourth-order valence-corrected chi connectivity index (χ4v) is 3.76. The quantitative estimate of drug-likeness (QED) is 0.311. The minimum Gasteiger partial charge on any atom is -0.447 e. The standard InChI is InChI=1S/C25H27ClF2N4O5/c1-32(24(35)30-11-17-3-2-4-21(28)23(17)26)20(7-15(12-33)13-34)14-37-25(36)31-22-9-18-8-19(27)6-5-16(18)10-29-22/h2-6,8-10,15,20,33-34H,7,11-14H2,1H3,(H,30,35)(H,29,31,36)/t20-/m0/s1. The Balaban J connectivity index is 1.63. The van der Waals surface area contributed by atoms with Gasteiger partial charge in [0.2, 0.25) is 0 Å². The SMILES string of the molecule is CN(C(=O)NCc1cccc(F)c1Cl)[C@H](COC(=O)Nc1cc2cc(F)ccc2cn1)CC(CO)CO. The van der Waals surface area contributed by atoms with E-state index in [4.69, 9.17) is 16.3 Å². The number of halogens is 3. The Hall–Kier alpha value is -3.54. The van der Waals surface area contributed by atoms with Gasteiger partial charge in [0.25, 0.3) is 0 Å². The number of hydrogen-bond donors (Lipinski definition) is 4. The molecule has 37 heavy (non-hydrogen) atoms. The summed E-state index contributed by atoms with van der Waals surface area (Å²) < 4.78 is 32.4. The summed E-state index contributed by atoms with van der Waals surface area (Å²) in [6.07, 6.45) is 0.736. The maximum atomic E-state index is 13.7. The number of ether oxygens (including phenoxy) is 1. The van der Waals surface area contributed by atoms with Gasteiger partial charge in [0, 0.05) is 44.3 Å². The average Bonchev–Trinajstić information content (AvgIpc) is 2.89. The number of nitrogens with zero attached hydrogens (tertiary/aromatic N) is 2. The third kappa shape index (κ3) is 7.72. The molecule has 1 aromatic heterocycles. The number of nitrogens with one attached hydrogen (secondary N) is 2. The maximum Gasteiger partial charge on any atom is 0.412 e. The van der Waals surface area contributed by atoms with Gasteiger partial charge in [-0.3, -0.25) is 5.32 Å². The number of carbonyl (C=O) groups is 2. The molecule has 3 aromatic rings. The van der Waals surface area contributed by atoms with Crippen LogP contribution in [0.25, 0.3) is 10.8 Å². The van der Waals surface area contributed by atoms with Crippen LogP contribution in [0.4, 0.5) is 24.2 Å². The molecule has 2 aromatic carbocycles. The van der Waals surface area contributed by atoms with Gasteiger partial charge in [0.15, 0.2) is 0 Å². The monoisotopic (exact) mass is 536 g/mol. The molecule has 0 aliphatic rings. The van der Waals surface area contributed by atoms with E-state index in [9.17, 15) is 28.6 Å². The van der Waals surface area contributed by atoms with Crippen LogP contribution in [0.15, 0.2) is 48.7 Å². The molecule has 1 atom stereocenters. The molecule has 4 N–H and O–H groups in total. The summed E-state index contributed by atoms with van der Waals surface area (Å²) in [7, 11) is 1.46. The number of carbonyl (C=O) groups excluding carboxylic acids is 2. The van der Waals surface area contributed by atoms with Gasteiger partial charge in [-0.2, -0.15) is 0 Å². The van der Waals surface area contributed by atoms with Crippen molar-refractivity contribution in [1.82, 2.24) is 15.2 Å². The van der Waals surface area contributed by atoms with E-state index >= 15 is 0 Å². The molecule has 9 nitrogen and oxygen atoms in total. The molecule has 0 spiro atoms. The summed E-state index contributed by atoms with van der Waals surface area (Å²) in [5.74, 6) is -1.47. The lowest BCUT2D eigenvalue weighted by Crippen LogP contribution is -2.47. The number of likely N-dealkylation sites (N-methyl/N-ethyl adjacent to an activating group) is 1. The Labute approximate surface area is 217 Å². The zero-order valence-electron chi connectivity index (χ0n) is 20.0. The van der Waals surface area contributed by atoms with Gasteiger partial charge < -0.3 is 25.2 Å². The molecular formula is C25H27ClF2N4O5. The van der Waals surface area contributed by atoms with Gasteiger partial charge in [0.1, 0.15) is 24.1 Å². The van der Waals surface area contributed by atoms with Gasteiger partial charge in [-0.1, -0.05) is 23.7 Å². The topological polar surface area (TPSA) is 124 Å². The van der Waals surface area contributed by atoms with Gasteiger partial charge >= 0.3 is 12.1 Å². The first-order valence-electron chi connectivity index (χ1n) is 11.4. The first-order valence-corrected chi connectivity index (χ1v) is 11.7. The lowest BCUT2D eigenvalue weighted by molar-refractivity contribution is 0.0811. The van der Waals surface area contributed by atoms with Crippen molar-refractivity contribution in [2.45, 2.75) is 19.0 Å². The van der Waals surface area contributed by atoms with Crippen molar-refractivity contribution in [1.29, 1.82) is 0 Å². The van der Waals surface area contributed by atoms with E-state index in [1.807, 2.05) is 0 Å². The fraction of sp³-hybridized carbons (Fsp3) is 0.320. The zero-order chi connectivity index (χ0) is 26.9. The van der Waals surface area contributed by atoms with Crippen LogP contribution < -0.4 is 10.6 Å². The van der Waals surface area contributed by atoms with Gasteiger partial charge in [-0.15, -0.1) is 0 Å². The third-order valence-electron chi connectivity index (χ3n) is 5.77. The molecule has 0 radical (unpaired) electrons. The predicted octanol–water partition coefficient (Wildman–Crippen LogP) is 3.92. The minimum absolute atomic E-state index is 0.0501. The van der Waals surface area contributed by atoms with Crippen molar-refractivity contribution in [2.24, 2.45) is 5.92 Å². The molecule has 12 heteroatoms. The number of pyridine rings is 1. The van der Waals surface area contributed by atoms with E-state index < -0.39 is 35.7 Å². The largest absolute Gasteiger partial charge is 0.447 e. The van der Waals surface area contributed by atoms with E-state index in [-0.39, 0.29) is 43.6 Å². The van der Waals surface area contributed by atoms with E-state index in [2.05, 4.69) is 15.6 Å². The molecule has 1 heterocycles. The summed E-state index contributed by atoms with van der Waals surface area (Å²) in [6, 6.07) is 8.60. The van der Waals surface area contributed by atoms with Crippen LogP contribution in [0.5, 0.6) is 0 Å². The van der Waals surface area contributed by atoms with E-state index in [1.54, 1.807) is 12.1 Å². The highest BCUT2D eigenvalue weighted by Gasteiger charge is 2.25. The second kappa shape index (κ2) is 13.1.